The number of fused-ring (bicyclic) bond motifs is 9. The Morgan fingerprint density at radius 3 is 1.53 bits per heavy atom. The summed E-state index contributed by atoms with van der Waals surface area (Å²) in [5.41, 5.74) is 12.6. The van der Waals surface area contributed by atoms with Crippen molar-refractivity contribution in [1.29, 1.82) is 10.5 Å². The first-order chi connectivity index (χ1) is 27.2. The molecule has 0 aliphatic rings. The van der Waals surface area contributed by atoms with E-state index in [1.54, 1.807) is 0 Å². The van der Waals surface area contributed by atoms with Crippen LogP contribution in [0.5, 0.6) is 0 Å². The summed E-state index contributed by atoms with van der Waals surface area (Å²) in [6.45, 7) is 0. The average Bonchev–Trinajstić information content (AvgIpc) is 3.89. The number of hydrogen-bond acceptors (Lipinski definition) is 2. The lowest BCUT2D eigenvalue weighted by Gasteiger charge is -2.15. The van der Waals surface area contributed by atoms with Gasteiger partial charge in [-0.15, -0.1) is 0 Å². The quantitative estimate of drug-likeness (QED) is 0.184. The number of para-hydroxylation sites is 5. The lowest BCUT2D eigenvalue weighted by molar-refractivity contribution is 1.13. The van der Waals surface area contributed by atoms with E-state index in [4.69, 9.17) is 0 Å². The van der Waals surface area contributed by atoms with Gasteiger partial charge in [0, 0.05) is 43.7 Å². The van der Waals surface area contributed by atoms with Crippen LogP contribution in [0.1, 0.15) is 11.1 Å². The molecule has 3 heterocycles. The molecule has 0 aliphatic heterocycles. The fourth-order valence-corrected chi connectivity index (χ4v) is 8.76. The van der Waals surface area contributed by atoms with Gasteiger partial charge in [0.15, 0.2) is 0 Å². The largest absolute Gasteiger partial charge is 0.309 e. The summed E-state index contributed by atoms with van der Waals surface area (Å²) in [4.78, 5) is 0. The van der Waals surface area contributed by atoms with E-state index in [2.05, 4.69) is 177 Å². The Hall–Kier alpha value is -7.86. The second kappa shape index (κ2) is 11.8. The van der Waals surface area contributed by atoms with Crippen molar-refractivity contribution in [2.45, 2.75) is 0 Å². The van der Waals surface area contributed by atoms with E-state index in [-0.39, 0.29) is 0 Å². The highest BCUT2D eigenvalue weighted by Gasteiger charge is 2.21. The van der Waals surface area contributed by atoms with Gasteiger partial charge in [0.25, 0.3) is 0 Å². The summed E-state index contributed by atoms with van der Waals surface area (Å²) in [6.07, 6.45) is 0. The lowest BCUT2D eigenvalue weighted by atomic mass is 9.99. The molecule has 55 heavy (non-hydrogen) atoms. The highest BCUT2D eigenvalue weighted by atomic mass is 15.1. The minimum absolute atomic E-state index is 0.603. The molecule has 0 unspecified atom stereocenters. The molecule has 0 radical (unpaired) electrons. The second-order valence-corrected chi connectivity index (χ2v) is 14.0. The molecular formula is C50H29N5. The number of nitriles is 2. The predicted octanol–water partition coefficient (Wildman–Crippen LogP) is 12.4. The zero-order valence-corrected chi connectivity index (χ0v) is 29.5. The number of rotatable bonds is 4. The van der Waals surface area contributed by atoms with Gasteiger partial charge in [-0.05, 0) is 83.9 Å². The van der Waals surface area contributed by atoms with Crippen LogP contribution in [0.3, 0.4) is 0 Å². The van der Waals surface area contributed by atoms with E-state index >= 15 is 0 Å². The molecule has 0 spiro atoms. The van der Waals surface area contributed by atoms with E-state index in [0.717, 1.165) is 82.8 Å². The van der Waals surface area contributed by atoms with Crippen molar-refractivity contribution < 1.29 is 0 Å². The smallest absolute Gasteiger partial charge is 0.0998 e. The van der Waals surface area contributed by atoms with Crippen LogP contribution in [0.25, 0.3) is 93.6 Å². The minimum Gasteiger partial charge on any atom is -0.309 e. The second-order valence-electron chi connectivity index (χ2n) is 14.0. The normalized spacial score (nSPS) is 11.6. The van der Waals surface area contributed by atoms with Crippen molar-refractivity contribution in [3.63, 3.8) is 0 Å². The summed E-state index contributed by atoms with van der Waals surface area (Å²) in [7, 11) is 0. The van der Waals surface area contributed by atoms with Crippen LogP contribution < -0.4 is 0 Å². The third-order valence-corrected chi connectivity index (χ3v) is 11.1. The van der Waals surface area contributed by atoms with Gasteiger partial charge in [0.1, 0.15) is 0 Å². The molecule has 0 bridgehead atoms. The van der Waals surface area contributed by atoms with Crippen LogP contribution in [-0.4, -0.2) is 13.7 Å². The van der Waals surface area contributed by atoms with E-state index < -0.39 is 0 Å². The van der Waals surface area contributed by atoms with Crippen LogP contribution >= 0.6 is 0 Å². The fourth-order valence-electron chi connectivity index (χ4n) is 8.76. The molecular weight excluding hydrogens is 671 g/mol. The standard InChI is InChI=1S/C50H29N5/c51-30-32-20-27-48-43(28-32)41-13-4-8-18-47(41)55(48)49-19-9-14-42-40-12-3-7-17-46(40)54(50(42)49)36-25-26-37(34(29-36)31-52)33-21-23-35(24-22-33)53-44-15-5-1-10-38(44)39-11-2-6-16-45(39)53/h1-29H. The van der Waals surface area contributed by atoms with Crippen molar-refractivity contribution in [2.24, 2.45) is 0 Å². The zero-order chi connectivity index (χ0) is 36.6. The predicted molar refractivity (Wildman–Crippen MR) is 224 cm³/mol. The molecule has 3 aromatic heterocycles. The Labute approximate surface area is 316 Å². The third-order valence-electron chi connectivity index (χ3n) is 11.1. The highest BCUT2D eigenvalue weighted by molar-refractivity contribution is 6.15. The maximum atomic E-state index is 10.7. The number of benzene rings is 8. The van der Waals surface area contributed by atoms with Crippen molar-refractivity contribution in [1.82, 2.24) is 13.7 Å². The maximum Gasteiger partial charge on any atom is 0.0998 e. The van der Waals surface area contributed by atoms with Crippen molar-refractivity contribution in [3.05, 3.63) is 187 Å². The Kier molecular flexibility index (Phi) is 6.61. The molecule has 0 fully saturated rings. The molecule has 5 nitrogen and oxygen atoms in total. The van der Waals surface area contributed by atoms with E-state index in [0.29, 0.717) is 11.1 Å². The van der Waals surface area contributed by atoms with Gasteiger partial charge in [-0.1, -0.05) is 103 Å². The van der Waals surface area contributed by atoms with Gasteiger partial charge < -0.3 is 13.7 Å². The van der Waals surface area contributed by atoms with Crippen LogP contribution in [0.2, 0.25) is 0 Å². The van der Waals surface area contributed by atoms with E-state index in [1.807, 2.05) is 24.3 Å². The summed E-state index contributed by atoms with van der Waals surface area (Å²) in [6, 6.07) is 65.9. The van der Waals surface area contributed by atoms with Crippen LogP contribution in [0.15, 0.2) is 176 Å². The first-order valence-electron chi connectivity index (χ1n) is 18.3. The fraction of sp³-hybridized carbons (Fsp3) is 0. The summed E-state index contributed by atoms with van der Waals surface area (Å²) >= 11 is 0. The molecule has 11 aromatic rings. The number of aromatic nitrogens is 3. The van der Waals surface area contributed by atoms with Gasteiger partial charge >= 0.3 is 0 Å². The molecule has 254 valence electrons. The Morgan fingerprint density at radius 2 is 0.891 bits per heavy atom. The molecule has 0 saturated heterocycles. The van der Waals surface area contributed by atoms with Crippen molar-refractivity contribution in [3.8, 4) is 40.3 Å². The molecule has 0 aliphatic carbocycles. The van der Waals surface area contributed by atoms with Gasteiger partial charge in [-0.2, -0.15) is 10.5 Å². The van der Waals surface area contributed by atoms with Crippen LogP contribution in [0.4, 0.5) is 0 Å². The first-order valence-corrected chi connectivity index (χ1v) is 18.3. The lowest BCUT2D eigenvalue weighted by Crippen LogP contribution is -2.01. The molecule has 5 heteroatoms. The van der Waals surface area contributed by atoms with Crippen molar-refractivity contribution >= 4 is 65.4 Å². The minimum atomic E-state index is 0.603. The molecule has 0 saturated carbocycles. The molecule has 0 N–H and O–H groups in total. The SMILES string of the molecule is N#Cc1ccc2c(c1)c1ccccc1n2-c1cccc2c3ccccc3n(-c3ccc(-c4ccc(-n5c6ccccc6c6ccccc65)cc4)c(C#N)c3)c12. The average molecular weight is 700 g/mol. The van der Waals surface area contributed by atoms with E-state index in [1.165, 1.54) is 10.8 Å². The summed E-state index contributed by atoms with van der Waals surface area (Å²) in [5.74, 6) is 0. The first kappa shape index (κ1) is 30.7. The monoisotopic (exact) mass is 699 g/mol. The topological polar surface area (TPSA) is 62.4 Å². The zero-order valence-electron chi connectivity index (χ0n) is 29.5. The number of hydrogen-bond donors (Lipinski definition) is 0. The van der Waals surface area contributed by atoms with Crippen molar-refractivity contribution in [2.75, 3.05) is 0 Å². The maximum absolute atomic E-state index is 10.7. The van der Waals surface area contributed by atoms with Crippen LogP contribution in [-0.2, 0) is 0 Å². The molecule has 8 aromatic carbocycles. The number of nitrogens with zero attached hydrogens (tertiary/aromatic N) is 5. The Balaban J connectivity index is 1.09. The van der Waals surface area contributed by atoms with Gasteiger partial charge in [-0.25, -0.2) is 0 Å². The molecule has 0 atom stereocenters. The van der Waals surface area contributed by atoms with Crippen LogP contribution in [0, 0.1) is 22.7 Å². The Morgan fingerprint density at radius 1 is 0.364 bits per heavy atom. The third kappa shape index (κ3) is 4.45. The van der Waals surface area contributed by atoms with Gasteiger partial charge in [-0.3, -0.25) is 0 Å². The molecule has 11 rings (SSSR count). The molecule has 0 amide bonds. The van der Waals surface area contributed by atoms with E-state index in [9.17, 15) is 10.5 Å². The van der Waals surface area contributed by atoms with Gasteiger partial charge in [0.05, 0.1) is 62.1 Å². The van der Waals surface area contributed by atoms with Gasteiger partial charge in [0.2, 0.25) is 0 Å². The summed E-state index contributed by atoms with van der Waals surface area (Å²) in [5, 5.41) is 27.2. The highest BCUT2D eigenvalue weighted by Crippen LogP contribution is 2.41. The summed E-state index contributed by atoms with van der Waals surface area (Å²) < 4.78 is 6.91. The Bertz CT molecular complexity index is 3400.